The van der Waals surface area contributed by atoms with Crippen LogP contribution in [0, 0.1) is 17.3 Å². The molecule has 1 saturated heterocycles. The first kappa shape index (κ1) is 32.0. The third-order valence-corrected chi connectivity index (χ3v) is 8.60. The summed E-state index contributed by atoms with van der Waals surface area (Å²) in [4.78, 5) is 68.5. The van der Waals surface area contributed by atoms with Crippen molar-refractivity contribution in [3.63, 3.8) is 0 Å². The van der Waals surface area contributed by atoms with Gasteiger partial charge in [-0.3, -0.25) is 24.0 Å². The van der Waals surface area contributed by atoms with Gasteiger partial charge in [-0.2, -0.15) is 0 Å². The molecule has 0 spiro atoms. The molecule has 4 rings (SSSR count). The lowest BCUT2D eigenvalue weighted by Gasteiger charge is -2.31. The van der Waals surface area contributed by atoms with Gasteiger partial charge in [0.05, 0.1) is 18.6 Å². The van der Waals surface area contributed by atoms with E-state index in [4.69, 9.17) is 9.47 Å². The zero-order valence-electron chi connectivity index (χ0n) is 25.5. The molecular weight excluding hydrogens is 552 g/mol. The molecule has 2 aliphatic rings. The monoisotopic (exact) mass is 596 g/mol. The van der Waals surface area contributed by atoms with Crippen molar-refractivity contribution in [1.82, 2.24) is 20.9 Å². The van der Waals surface area contributed by atoms with Gasteiger partial charge in [-0.05, 0) is 63.1 Å². The van der Waals surface area contributed by atoms with E-state index < -0.39 is 53.6 Å². The van der Waals surface area contributed by atoms with Gasteiger partial charge in [-0.1, -0.05) is 39.2 Å². The Morgan fingerprint density at radius 3 is 2.47 bits per heavy atom. The van der Waals surface area contributed by atoms with E-state index in [-0.39, 0.29) is 23.9 Å². The minimum atomic E-state index is -1.06. The summed E-state index contributed by atoms with van der Waals surface area (Å²) in [6.07, 6.45) is 5.29. The first-order valence-corrected chi connectivity index (χ1v) is 15.3. The second-order valence-corrected chi connectivity index (χ2v) is 12.5. The van der Waals surface area contributed by atoms with E-state index in [9.17, 15) is 24.0 Å². The van der Waals surface area contributed by atoms with Crippen LogP contribution in [0.1, 0.15) is 82.6 Å². The van der Waals surface area contributed by atoms with E-state index in [1.807, 2.05) is 32.9 Å². The third kappa shape index (κ3) is 7.94. The summed E-state index contributed by atoms with van der Waals surface area (Å²) in [5, 5.41) is 9.08. The van der Waals surface area contributed by atoms with Crippen molar-refractivity contribution in [1.29, 1.82) is 0 Å². The molecule has 4 N–H and O–H groups in total. The number of aromatic nitrogens is 1. The fourth-order valence-electron chi connectivity index (χ4n) is 6.01. The van der Waals surface area contributed by atoms with Crippen LogP contribution in [0.3, 0.4) is 0 Å². The number of H-pyrrole nitrogens is 1. The molecule has 1 aromatic carbocycles. The SMILES string of the molecule is COc1cccc2[nH]c(C(=O)N[C@@H](CC(C)C)C(=O)N[C@@H](C[C@@H]3CCNC3=O)C(=O)COC(=O)C3(C)CCCCC3)cc12. The quantitative estimate of drug-likeness (QED) is 0.258. The van der Waals surface area contributed by atoms with Crippen molar-refractivity contribution in [3.8, 4) is 5.75 Å². The second kappa shape index (κ2) is 14.1. The standard InChI is InChI=1S/C32H44N4O7/c1-19(2)15-24(36-30(40)25-17-21-22(34-25)9-8-10-27(21)42-4)29(39)35-23(16-20-11-14-33-28(20)38)26(37)18-43-31(41)32(3)12-6-5-7-13-32/h8-10,17,19-20,23-24,34H,5-7,11-16,18H2,1-4H3,(H,33,38)(H,35,39)(H,36,40)/t20-,23-,24-/m0/s1. The Balaban J connectivity index is 1.47. The predicted octanol–water partition coefficient (Wildman–Crippen LogP) is 3.41. The molecule has 3 atom stereocenters. The summed E-state index contributed by atoms with van der Waals surface area (Å²) in [6.45, 7) is 5.72. The summed E-state index contributed by atoms with van der Waals surface area (Å²) in [6, 6.07) is 5.09. The van der Waals surface area contributed by atoms with Crippen molar-refractivity contribution in [2.45, 2.75) is 84.2 Å². The number of hydrogen-bond acceptors (Lipinski definition) is 7. The number of fused-ring (bicyclic) bond motifs is 1. The highest BCUT2D eigenvalue weighted by molar-refractivity contribution is 6.02. The number of hydrogen-bond donors (Lipinski definition) is 4. The number of rotatable bonds is 13. The fraction of sp³-hybridized carbons (Fsp3) is 0.594. The number of carbonyl (C=O) groups is 5. The topological polar surface area (TPSA) is 156 Å². The molecule has 1 aliphatic heterocycles. The van der Waals surface area contributed by atoms with E-state index in [1.165, 1.54) is 0 Å². The molecule has 11 nitrogen and oxygen atoms in total. The maximum absolute atomic E-state index is 13.6. The van der Waals surface area contributed by atoms with E-state index in [0.717, 1.165) is 24.6 Å². The van der Waals surface area contributed by atoms with Gasteiger partial charge in [0.1, 0.15) is 17.5 Å². The van der Waals surface area contributed by atoms with Gasteiger partial charge in [0, 0.05) is 23.4 Å². The van der Waals surface area contributed by atoms with E-state index in [2.05, 4.69) is 20.9 Å². The highest BCUT2D eigenvalue weighted by atomic mass is 16.5. The summed E-state index contributed by atoms with van der Waals surface area (Å²) < 4.78 is 10.9. The number of amides is 3. The van der Waals surface area contributed by atoms with Crippen molar-refractivity contribution in [3.05, 3.63) is 30.0 Å². The van der Waals surface area contributed by atoms with Crippen molar-refractivity contribution in [2.75, 3.05) is 20.3 Å². The Kier molecular flexibility index (Phi) is 10.5. The molecule has 0 unspecified atom stereocenters. The normalized spacial score (nSPS) is 19.4. The smallest absolute Gasteiger partial charge is 0.312 e. The minimum absolute atomic E-state index is 0.0470. The average molecular weight is 597 g/mol. The summed E-state index contributed by atoms with van der Waals surface area (Å²) in [5.74, 6) is -1.90. The fourth-order valence-corrected chi connectivity index (χ4v) is 6.01. The number of carbonyl (C=O) groups excluding carboxylic acids is 5. The number of ether oxygens (including phenoxy) is 2. The first-order valence-electron chi connectivity index (χ1n) is 15.3. The zero-order chi connectivity index (χ0) is 31.1. The largest absolute Gasteiger partial charge is 0.496 e. The highest BCUT2D eigenvalue weighted by Gasteiger charge is 2.38. The van der Waals surface area contributed by atoms with E-state index >= 15 is 0 Å². The Morgan fingerprint density at radius 1 is 1.07 bits per heavy atom. The van der Waals surface area contributed by atoms with Crippen molar-refractivity contribution in [2.24, 2.45) is 17.3 Å². The van der Waals surface area contributed by atoms with E-state index in [0.29, 0.717) is 43.5 Å². The van der Waals surface area contributed by atoms with Crippen LogP contribution < -0.4 is 20.7 Å². The number of benzene rings is 1. The Labute approximate surface area is 252 Å². The third-order valence-electron chi connectivity index (χ3n) is 8.60. The molecule has 1 aromatic heterocycles. The molecule has 0 bridgehead atoms. The van der Waals surface area contributed by atoms with Crippen LogP contribution in [0.4, 0.5) is 0 Å². The van der Waals surface area contributed by atoms with Crippen LogP contribution in [0.5, 0.6) is 5.75 Å². The molecule has 2 fully saturated rings. The lowest BCUT2D eigenvalue weighted by atomic mass is 9.76. The Morgan fingerprint density at radius 2 is 1.81 bits per heavy atom. The molecule has 2 heterocycles. The van der Waals surface area contributed by atoms with Crippen LogP contribution in [0.25, 0.3) is 10.9 Å². The maximum Gasteiger partial charge on any atom is 0.312 e. The maximum atomic E-state index is 13.6. The molecule has 2 aromatic rings. The summed E-state index contributed by atoms with van der Waals surface area (Å²) in [5.41, 5.74) is 0.355. The minimum Gasteiger partial charge on any atom is -0.496 e. The number of aromatic amines is 1. The van der Waals surface area contributed by atoms with Crippen molar-refractivity contribution < 1.29 is 33.4 Å². The molecule has 11 heteroatoms. The number of ketones is 1. The van der Waals surface area contributed by atoms with Crippen LogP contribution >= 0.6 is 0 Å². The molecule has 3 amide bonds. The summed E-state index contributed by atoms with van der Waals surface area (Å²) in [7, 11) is 1.55. The van der Waals surface area contributed by atoms with Gasteiger partial charge >= 0.3 is 5.97 Å². The molecular formula is C32H44N4O7. The van der Waals surface area contributed by atoms with Gasteiger partial charge in [-0.15, -0.1) is 0 Å². The summed E-state index contributed by atoms with van der Waals surface area (Å²) >= 11 is 0. The van der Waals surface area contributed by atoms with Gasteiger partial charge in [-0.25, -0.2) is 0 Å². The molecule has 1 aliphatic carbocycles. The van der Waals surface area contributed by atoms with Gasteiger partial charge in [0.15, 0.2) is 12.4 Å². The Hall–Kier alpha value is -3.89. The first-order chi connectivity index (χ1) is 20.5. The lowest BCUT2D eigenvalue weighted by Crippen LogP contribution is -2.53. The number of methoxy groups -OCH3 is 1. The van der Waals surface area contributed by atoms with Crippen LogP contribution in [0.2, 0.25) is 0 Å². The number of esters is 1. The molecule has 0 radical (unpaired) electrons. The molecule has 1 saturated carbocycles. The lowest BCUT2D eigenvalue weighted by molar-refractivity contribution is -0.160. The van der Waals surface area contributed by atoms with Gasteiger partial charge < -0.3 is 30.4 Å². The van der Waals surface area contributed by atoms with Crippen LogP contribution in [-0.4, -0.2) is 66.8 Å². The van der Waals surface area contributed by atoms with Crippen molar-refractivity contribution >= 4 is 40.4 Å². The predicted molar refractivity (Wildman–Crippen MR) is 160 cm³/mol. The van der Waals surface area contributed by atoms with Gasteiger partial charge in [0.25, 0.3) is 5.91 Å². The average Bonchev–Trinajstić information content (AvgIpc) is 3.61. The zero-order valence-corrected chi connectivity index (χ0v) is 25.5. The highest BCUT2D eigenvalue weighted by Crippen LogP contribution is 2.36. The van der Waals surface area contributed by atoms with Gasteiger partial charge in [0.2, 0.25) is 11.8 Å². The van der Waals surface area contributed by atoms with Crippen LogP contribution in [0.15, 0.2) is 24.3 Å². The van der Waals surface area contributed by atoms with Crippen LogP contribution in [-0.2, 0) is 23.9 Å². The van der Waals surface area contributed by atoms with E-state index in [1.54, 1.807) is 19.2 Å². The second-order valence-electron chi connectivity index (χ2n) is 12.5. The number of nitrogens with one attached hydrogen (secondary N) is 4. The Bertz CT molecular complexity index is 1340. The molecule has 43 heavy (non-hydrogen) atoms. The molecule has 234 valence electrons. The number of Topliss-reactive ketones (excluding diaryl/α,β-unsaturated/α-hetero) is 1.